The molecule has 0 aliphatic carbocycles. The van der Waals surface area contributed by atoms with Gasteiger partial charge in [-0.3, -0.25) is 4.79 Å². The molecule has 1 aromatic carbocycles. The fraction of sp³-hybridized carbons (Fsp3) is 0.680. The Labute approximate surface area is 200 Å². The number of benzene rings is 1. The number of aryl methyl sites for hydroxylation is 1. The first kappa shape index (κ1) is 26.5. The number of imidazole rings is 1. The molecule has 1 fully saturated rings. The zero-order valence-electron chi connectivity index (χ0n) is 20.9. The number of amides is 1. The Balaban J connectivity index is 1.99. The average molecular weight is 481 g/mol. The van der Waals surface area contributed by atoms with Crippen molar-refractivity contribution in [3.05, 3.63) is 29.6 Å². The molecule has 1 aliphatic heterocycles. The zero-order chi connectivity index (χ0) is 25.0. The van der Waals surface area contributed by atoms with Gasteiger partial charge in [0.15, 0.2) is 17.5 Å². The lowest BCUT2D eigenvalue weighted by molar-refractivity contribution is -0.0113. The van der Waals surface area contributed by atoms with Crippen LogP contribution in [-0.4, -0.2) is 70.5 Å². The average Bonchev–Trinajstić information content (AvgIpc) is 3.11. The summed E-state index contributed by atoms with van der Waals surface area (Å²) in [5, 5.41) is 13.9. The van der Waals surface area contributed by atoms with Gasteiger partial charge in [-0.2, -0.15) is 0 Å². The summed E-state index contributed by atoms with van der Waals surface area (Å²) < 4.78 is 34.9. The zero-order valence-corrected chi connectivity index (χ0v) is 20.9. The molecule has 0 saturated carbocycles. The maximum Gasteiger partial charge on any atom is 0.290 e. The van der Waals surface area contributed by atoms with Crippen molar-refractivity contribution >= 4 is 16.9 Å². The minimum atomic E-state index is -0.987. The Morgan fingerprint density at radius 1 is 1.29 bits per heavy atom. The lowest BCUT2D eigenvalue weighted by Crippen LogP contribution is -2.55. The van der Waals surface area contributed by atoms with Crippen LogP contribution in [0.15, 0.2) is 12.1 Å². The van der Waals surface area contributed by atoms with Gasteiger partial charge in [-0.1, -0.05) is 13.8 Å². The van der Waals surface area contributed by atoms with Crippen LogP contribution in [0.25, 0.3) is 11.0 Å². The summed E-state index contributed by atoms with van der Waals surface area (Å²) in [6.45, 7) is 10.5. The fourth-order valence-electron chi connectivity index (χ4n) is 4.64. The van der Waals surface area contributed by atoms with Gasteiger partial charge < -0.3 is 24.6 Å². The first-order valence-corrected chi connectivity index (χ1v) is 12.1. The number of hydrogen-bond donors (Lipinski definition) is 2. The molecule has 0 unspecified atom stereocenters. The second kappa shape index (κ2) is 11.1. The Morgan fingerprint density at radius 2 is 2.00 bits per heavy atom. The maximum atomic E-state index is 14.1. The van der Waals surface area contributed by atoms with Crippen molar-refractivity contribution in [1.29, 1.82) is 0 Å². The van der Waals surface area contributed by atoms with Gasteiger partial charge in [-0.25, -0.2) is 13.8 Å². The highest BCUT2D eigenvalue weighted by molar-refractivity contribution is 5.95. The monoisotopic (exact) mass is 480 g/mol. The van der Waals surface area contributed by atoms with Crippen molar-refractivity contribution in [3.8, 4) is 0 Å². The quantitative estimate of drug-likeness (QED) is 0.508. The van der Waals surface area contributed by atoms with Gasteiger partial charge in [-0.15, -0.1) is 0 Å². The van der Waals surface area contributed by atoms with Crippen molar-refractivity contribution in [2.45, 2.75) is 65.1 Å². The summed E-state index contributed by atoms with van der Waals surface area (Å²) in [6.07, 6.45) is 2.13. The van der Waals surface area contributed by atoms with Crippen LogP contribution in [0.1, 0.15) is 57.6 Å². The summed E-state index contributed by atoms with van der Waals surface area (Å²) in [5.74, 6) is -1.83. The van der Waals surface area contributed by atoms with Gasteiger partial charge in [0.25, 0.3) is 5.91 Å². The smallest absolute Gasteiger partial charge is 0.290 e. The molecule has 0 radical (unpaired) electrons. The lowest BCUT2D eigenvalue weighted by Gasteiger charge is -2.42. The Hall–Kier alpha value is -2.10. The van der Waals surface area contributed by atoms with E-state index < -0.39 is 17.2 Å². The van der Waals surface area contributed by atoms with E-state index in [-0.39, 0.29) is 35.1 Å². The molecule has 2 heterocycles. The number of rotatable bonds is 10. The highest BCUT2D eigenvalue weighted by atomic mass is 19.2. The van der Waals surface area contributed by atoms with E-state index >= 15 is 0 Å². The molecule has 7 nitrogen and oxygen atoms in total. The number of ether oxygens (including phenoxy) is 1. The number of carbonyl (C=O) groups is 1. The minimum Gasteiger partial charge on any atom is -0.390 e. The number of carbonyl (C=O) groups excluding carboxylic acids is 1. The van der Waals surface area contributed by atoms with Crippen LogP contribution in [0.5, 0.6) is 0 Å². The van der Waals surface area contributed by atoms with Crippen LogP contribution in [0.2, 0.25) is 0 Å². The molecule has 1 saturated heterocycles. The van der Waals surface area contributed by atoms with Gasteiger partial charge in [-0.05, 0) is 39.0 Å². The van der Waals surface area contributed by atoms with Gasteiger partial charge in [0.2, 0.25) is 0 Å². The Morgan fingerprint density at radius 3 is 2.65 bits per heavy atom. The number of methoxy groups -OCH3 is 1. The molecular formula is C25H38F2N4O3. The summed E-state index contributed by atoms with van der Waals surface area (Å²) in [7, 11) is 1.63. The van der Waals surface area contributed by atoms with E-state index in [2.05, 4.69) is 10.3 Å². The molecule has 1 amide bonds. The highest BCUT2D eigenvalue weighted by Crippen LogP contribution is 2.28. The molecule has 9 heteroatoms. The molecule has 34 heavy (non-hydrogen) atoms. The third kappa shape index (κ3) is 6.12. The SMILES string of the molecule is COCCCCn1c(C(=O)N(CC(C)C)[C@@H]2CNC[C@H](C(C)(C)O)C2)nc2cc(F)c(F)cc21. The van der Waals surface area contributed by atoms with Crippen molar-refractivity contribution in [1.82, 2.24) is 19.8 Å². The van der Waals surface area contributed by atoms with Crippen LogP contribution in [0.4, 0.5) is 8.78 Å². The first-order chi connectivity index (χ1) is 16.0. The minimum absolute atomic E-state index is 0.00948. The van der Waals surface area contributed by atoms with E-state index in [0.717, 1.165) is 18.6 Å². The fourth-order valence-corrected chi connectivity index (χ4v) is 4.64. The predicted molar refractivity (Wildman–Crippen MR) is 128 cm³/mol. The highest BCUT2D eigenvalue weighted by Gasteiger charge is 2.37. The molecule has 2 aromatic rings. The Bertz CT molecular complexity index is 987. The van der Waals surface area contributed by atoms with Crippen LogP contribution in [0.3, 0.4) is 0 Å². The number of piperidine rings is 1. The van der Waals surface area contributed by atoms with Crippen molar-refractivity contribution in [2.24, 2.45) is 11.8 Å². The van der Waals surface area contributed by atoms with E-state index in [1.54, 1.807) is 25.5 Å². The first-order valence-electron chi connectivity index (χ1n) is 12.1. The molecule has 0 bridgehead atoms. The third-order valence-electron chi connectivity index (χ3n) is 6.55. The van der Waals surface area contributed by atoms with Crippen molar-refractivity contribution in [3.63, 3.8) is 0 Å². The number of unbranched alkanes of at least 4 members (excludes halogenated alkanes) is 1. The van der Waals surface area contributed by atoms with Crippen molar-refractivity contribution < 1.29 is 23.4 Å². The lowest BCUT2D eigenvalue weighted by atomic mass is 9.82. The number of nitrogens with zero attached hydrogens (tertiary/aromatic N) is 3. The summed E-state index contributed by atoms with van der Waals surface area (Å²) in [4.78, 5) is 20.2. The number of hydrogen-bond acceptors (Lipinski definition) is 5. The van der Waals surface area contributed by atoms with Gasteiger partial charge in [0.1, 0.15) is 0 Å². The maximum absolute atomic E-state index is 14.1. The molecule has 2 N–H and O–H groups in total. The Kier molecular flexibility index (Phi) is 8.65. The molecule has 0 spiro atoms. The molecule has 1 aliphatic rings. The van der Waals surface area contributed by atoms with E-state index in [4.69, 9.17) is 4.74 Å². The molecular weight excluding hydrogens is 442 g/mol. The van der Waals surface area contributed by atoms with Gasteiger partial charge in [0, 0.05) is 64.0 Å². The third-order valence-corrected chi connectivity index (χ3v) is 6.55. The molecule has 3 rings (SSSR count). The number of nitrogens with one attached hydrogen (secondary N) is 1. The van der Waals surface area contributed by atoms with E-state index in [1.165, 1.54) is 0 Å². The molecule has 190 valence electrons. The van der Waals surface area contributed by atoms with Gasteiger partial charge >= 0.3 is 0 Å². The number of halogens is 2. The largest absolute Gasteiger partial charge is 0.390 e. The summed E-state index contributed by atoms with van der Waals surface area (Å²) in [6, 6.07) is 2.03. The second-order valence-electron chi connectivity index (χ2n) is 10.3. The standard InChI is InChI=1S/C25H38F2N4O3/c1-16(2)15-31(18-10-17(13-28-14-18)25(3,4)33)24(32)23-29-21-11-19(26)20(27)12-22(21)30(23)8-6-7-9-34-5/h11-12,16-18,28,33H,6-10,13-15H2,1-5H3/t17-,18+/m1/s1. The number of aliphatic hydroxyl groups is 1. The van der Waals surface area contributed by atoms with E-state index in [9.17, 15) is 18.7 Å². The number of fused-ring (bicyclic) bond motifs is 1. The van der Waals surface area contributed by atoms with Crippen LogP contribution in [0, 0.1) is 23.5 Å². The molecule has 1 aromatic heterocycles. The normalized spacial score (nSPS) is 19.2. The topological polar surface area (TPSA) is 79.6 Å². The van der Waals surface area contributed by atoms with Crippen molar-refractivity contribution in [2.75, 3.05) is 33.4 Å². The number of aromatic nitrogens is 2. The summed E-state index contributed by atoms with van der Waals surface area (Å²) in [5.41, 5.74) is -0.211. The van der Waals surface area contributed by atoms with Crippen LogP contribution in [-0.2, 0) is 11.3 Å². The van der Waals surface area contributed by atoms with Crippen LogP contribution < -0.4 is 5.32 Å². The molecule has 2 atom stereocenters. The van der Waals surface area contributed by atoms with Gasteiger partial charge in [0.05, 0.1) is 16.6 Å². The van der Waals surface area contributed by atoms with E-state index in [0.29, 0.717) is 51.1 Å². The predicted octanol–water partition coefficient (Wildman–Crippen LogP) is 3.59. The van der Waals surface area contributed by atoms with E-state index in [1.807, 2.05) is 18.7 Å². The van der Waals surface area contributed by atoms with Crippen LogP contribution >= 0.6 is 0 Å². The second-order valence-corrected chi connectivity index (χ2v) is 10.3. The summed E-state index contributed by atoms with van der Waals surface area (Å²) >= 11 is 0.